The van der Waals surface area contributed by atoms with Crippen LogP contribution in [0.25, 0.3) is 0 Å². The minimum atomic E-state index is -4.35. The molecule has 90 valence electrons. The summed E-state index contributed by atoms with van der Waals surface area (Å²) >= 11 is 5.78. The highest BCUT2D eigenvalue weighted by Gasteiger charge is 2.30. The molecule has 0 aromatic heterocycles. The highest BCUT2D eigenvalue weighted by atomic mass is 35.5. The first-order valence-corrected chi connectivity index (χ1v) is 5.03. The van der Waals surface area contributed by atoms with Gasteiger partial charge in [0.1, 0.15) is 0 Å². The normalized spacial score (nSPS) is 13.9. The van der Waals surface area contributed by atoms with Crippen LogP contribution in [0.15, 0.2) is 18.2 Å². The van der Waals surface area contributed by atoms with Gasteiger partial charge in [-0.25, -0.2) is 0 Å². The van der Waals surface area contributed by atoms with Crippen LogP contribution in [-0.4, -0.2) is 6.17 Å². The maximum Gasteiger partial charge on any atom is 0.416 e. The molecule has 0 heterocycles. The zero-order valence-electron chi connectivity index (χ0n) is 8.61. The molecule has 0 fully saturated rings. The Kier molecular flexibility index (Phi) is 4.18. The number of hydrogen-bond acceptors (Lipinski definition) is 2. The maximum atomic E-state index is 12.4. The van der Waals surface area contributed by atoms with E-state index in [1.54, 1.807) is 6.92 Å². The summed E-state index contributed by atoms with van der Waals surface area (Å²) in [6, 6.07) is 3.22. The lowest BCUT2D eigenvalue weighted by atomic mass is 10.1. The van der Waals surface area contributed by atoms with E-state index in [4.69, 9.17) is 17.3 Å². The van der Waals surface area contributed by atoms with Crippen molar-refractivity contribution in [3.8, 4) is 0 Å². The molecule has 1 rings (SSSR count). The van der Waals surface area contributed by atoms with Crippen molar-refractivity contribution in [1.29, 1.82) is 0 Å². The molecule has 1 unspecified atom stereocenters. The summed E-state index contributed by atoms with van der Waals surface area (Å²) in [6.45, 7) is 1.90. The predicted molar refractivity (Wildman–Crippen MR) is 56.9 cm³/mol. The third-order valence-electron chi connectivity index (χ3n) is 1.99. The standard InChI is InChI=1S/C10H12ClF3N2/c1-6(15)16-5-7-4-8(10(12,13)14)2-3-9(7)11/h2-4,6,16H,5,15H2,1H3. The van der Waals surface area contributed by atoms with Crippen LogP contribution in [0.4, 0.5) is 13.2 Å². The Morgan fingerprint density at radius 1 is 1.44 bits per heavy atom. The molecule has 0 radical (unpaired) electrons. The Labute approximate surface area is 96.6 Å². The fraction of sp³-hybridized carbons (Fsp3) is 0.400. The van der Waals surface area contributed by atoms with Gasteiger partial charge < -0.3 is 5.73 Å². The van der Waals surface area contributed by atoms with Crippen molar-refractivity contribution in [1.82, 2.24) is 5.32 Å². The molecule has 16 heavy (non-hydrogen) atoms. The van der Waals surface area contributed by atoms with Gasteiger partial charge in [0.2, 0.25) is 0 Å². The first-order chi connectivity index (χ1) is 7.30. The SMILES string of the molecule is CC(N)NCc1cc(C(F)(F)F)ccc1Cl. The van der Waals surface area contributed by atoms with Gasteiger partial charge in [0.05, 0.1) is 11.7 Å². The molecule has 3 N–H and O–H groups in total. The van der Waals surface area contributed by atoms with E-state index in [0.717, 1.165) is 12.1 Å². The molecule has 0 aliphatic heterocycles. The fourth-order valence-electron chi connectivity index (χ4n) is 1.16. The van der Waals surface area contributed by atoms with E-state index >= 15 is 0 Å². The van der Waals surface area contributed by atoms with Crippen molar-refractivity contribution in [2.75, 3.05) is 0 Å². The van der Waals surface area contributed by atoms with Gasteiger partial charge in [-0.1, -0.05) is 11.6 Å². The van der Waals surface area contributed by atoms with Gasteiger partial charge in [0.15, 0.2) is 0 Å². The van der Waals surface area contributed by atoms with E-state index < -0.39 is 11.7 Å². The van der Waals surface area contributed by atoms with E-state index in [-0.39, 0.29) is 12.7 Å². The number of alkyl halides is 3. The minimum Gasteiger partial charge on any atom is -0.316 e. The summed E-state index contributed by atoms with van der Waals surface area (Å²) in [5, 5.41) is 3.10. The van der Waals surface area contributed by atoms with Crippen LogP contribution in [0.3, 0.4) is 0 Å². The average molecular weight is 253 g/mol. The van der Waals surface area contributed by atoms with Crippen molar-refractivity contribution in [2.45, 2.75) is 25.8 Å². The van der Waals surface area contributed by atoms with E-state index in [1.165, 1.54) is 6.07 Å². The molecule has 0 aliphatic carbocycles. The summed E-state index contributed by atoms with van der Waals surface area (Å²) in [5.74, 6) is 0. The minimum absolute atomic E-state index is 0.209. The lowest BCUT2D eigenvalue weighted by Crippen LogP contribution is -2.33. The van der Waals surface area contributed by atoms with Crippen LogP contribution >= 0.6 is 11.6 Å². The second-order valence-electron chi connectivity index (χ2n) is 3.47. The molecule has 0 aliphatic rings. The Balaban J connectivity index is 2.91. The summed E-state index contributed by atoms with van der Waals surface area (Å²) in [4.78, 5) is 0. The average Bonchev–Trinajstić information content (AvgIpc) is 2.14. The monoisotopic (exact) mass is 252 g/mol. The Morgan fingerprint density at radius 3 is 2.56 bits per heavy atom. The molecule has 0 saturated heterocycles. The molecule has 0 amide bonds. The molecule has 1 aromatic carbocycles. The molecule has 2 nitrogen and oxygen atoms in total. The van der Waals surface area contributed by atoms with Gasteiger partial charge in [0.25, 0.3) is 0 Å². The van der Waals surface area contributed by atoms with E-state index in [1.807, 2.05) is 0 Å². The zero-order valence-corrected chi connectivity index (χ0v) is 9.36. The van der Waals surface area contributed by atoms with Crippen molar-refractivity contribution in [3.05, 3.63) is 34.3 Å². The quantitative estimate of drug-likeness (QED) is 0.812. The van der Waals surface area contributed by atoms with Gasteiger partial charge in [-0.15, -0.1) is 0 Å². The highest BCUT2D eigenvalue weighted by Crippen LogP contribution is 2.31. The largest absolute Gasteiger partial charge is 0.416 e. The third-order valence-corrected chi connectivity index (χ3v) is 2.36. The fourth-order valence-corrected chi connectivity index (χ4v) is 1.34. The topological polar surface area (TPSA) is 38.0 Å². The molecule has 0 spiro atoms. The molecular weight excluding hydrogens is 241 g/mol. The van der Waals surface area contributed by atoms with Crippen molar-refractivity contribution in [2.24, 2.45) is 5.73 Å². The molecule has 0 bridgehead atoms. The van der Waals surface area contributed by atoms with Gasteiger partial charge in [0, 0.05) is 11.6 Å². The summed E-state index contributed by atoms with van der Waals surface area (Å²) in [6.07, 6.45) is -4.65. The first-order valence-electron chi connectivity index (χ1n) is 4.65. The lowest BCUT2D eigenvalue weighted by molar-refractivity contribution is -0.137. The van der Waals surface area contributed by atoms with Crippen LogP contribution in [0.5, 0.6) is 0 Å². The number of rotatable bonds is 3. The predicted octanol–water partition coefficient (Wildman–Crippen LogP) is 2.75. The second kappa shape index (κ2) is 5.03. The Bertz CT molecular complexity index is 364. The summed E-state index contributed by atoms with van der Waals surface area (Å²) in [7, 11) is 0. The number of nitrogens with one attached hydrogen (secondary N) is 1. The zero-order chi connectivity index (χ0) is 12.3. The summed E-state index contributed by atoms with van der Waals surface area (Å²) < 4.78 is 37.2. The van der Waals surface area contributed by atoms with Crippen molar-refractivity contribution < 1.29 is 13.2 Å². The van der Waals surface area contributed by atoms with E-state index in [2.05, 4.69) is 5.32 Å². The second-order valence-corrected chi connectivity index (χ2v) is 3.88. The molecule has 1 aromatic rings. The first kappa shape index (κ1) is 13.3. The molecule has 0 saturated carbocycles. The van der Waals surface area contributed by atoms with E-state index in [9.17, 15) is 13.2 Å². The van der Waals surface area contributed by atoms with Crippen molar-refractivity contribution in [3.63, 3.8) is 0 Å². The molecule has 1 atom stereocenters. The van der Waals surface area contributed by atoms with Crippen LogP contribution < -0.4 is 11.1 Å². The Morgan fingerprint density at radius 2 is 2.06 bits per heavy atom. The maximum absolute atomic E-state index is 12.4. The van der Waals surface area contributed by atoms with Gasteiger partial charge in [-0.3, -0.25) is 5.32 Å². The number of hydrogen-bond donors (Lipinski definition) is 2. The van der Waals surface area contributed by atoms with Crippen LogP contribution in [0.1, 0.15) is 18.1 Å². The molecule has 6 heteroatoms. The van der Waals surface area contributed by atoms with Gasteiger partial charge in [-0.2, -0.15) is 13.2 Å². The van der Waals surface area contributed by atoms with Gasteiger partial charge in [-0.05, 0) is 30.7 Å². The third kappa shape index (κ3) is 3.66. The highest BCUT2D eigenvalue weighted by molar-refractivity contribution is 6.31. The lowest BCUT2D eigenvalue weighted by Gasteiger charge is -2.12. The number of nitrogens with two attached hydrogens (primary N) is 1. The van der Waals surface area contributed by atoms with Crippen LogP contribution in [0, 0.1) is 0 Å². The summed E-state index contributed by atoms with van der Waals surface area (Å²) in [5.41, 5.74) is 5.11. The Hall–Kier alpha value is -0.780. The molecular formula is C10H12ClF3N2. The van der Waals surface area contributed by atoms with Crippen molar-refractivity contribution >= 4 is 11.6 Å². The van der Waals surface area contributed by atoms with Gasteiger partial charge >= 0.3 is 6.18 Å². The van der Waals surface area contributed by atoms with Crippen LogP contribution in [-0.2, 0) is 12.7 Å². The number of benzene rings is 1. The van der Waals surface area contributed by atoms with E-state index in [0.29, 0.717) is 10.6 Å². The number of halogens is 4. The smallest absolute Gasteiger partial charge is 0.316 e. The van der Waals surface area contributed by atoms with Crippen LogP contribution in [0.2, 0.25) is 5.02 Å².